The number of halogens is 3. The van der Waals surface area contributed by atoms with Crippen LogP contribution in [0.5, 0.6) is 0 Å². The van der Waals surface area contributed by atoms with Crippen LogP contribution in [-0.2, 0) is 0 Å². The monoisotopic (exact) mass is 497 g/mol. The van der Waals surface area contributed by atoms with Crippen molar-refractivity contribution in [3.8, 4) is 22.4 Å². The van der Waals surface area contributed by atoms with Gasteiger partial charge in [0, 0.05) is 42.3 Å². The molecule has 1 unspecified atom stereocenters. The number of carbonyl (C=O) groups is 1. The Labute approximate surface area is 205 Å². The molecule has 1 saturated heterocycles. The van der Waals surface area contributed by atoms with Crippen molar-refractivity contribution in [2.24, 2.45) is 0 Å². The molecule has 0 saturated carbocycles. The Morgan fingerprint density at radius 2 is 2.00 bits per heavy atom. The predicted molar refractivity (Wildman–Crippen MR) is 131 cm³/mol. The number of nitrogens with one attached hydrogen (secondary N) is 2. The zero-order valence-corrected chi connectivity index (χ0v) is 19.7. The molecule has 36 heavy (non-hydrogen) atoms. The van der Waals surface area contributed by atoms with Gasteiger partial charge < -0.3 is 15.5 Å². The number of hydrogen-bond donors (Lipinski definition) is 2. The molecule has 3 aromatic heterocycles. The SMILES string of the molecule is CCN1CCC(n2cc(-c3ccn4c(-c5cccc(NC(=O)NCC(F)(F)F)c5)cnc4c3)cn2)C1. The van der Waals surface area contributed by atoms with E-state index in [1.54, 1.807) is 29.7 Å². The maximum atomic E-state index is 12.3. The number of anilines is 1. The number of aromatic nitrogens is 4. The highest BCUT2D eigenvalue weighted by Gasteiger charge is 2.27. The third-order valence-corrected chi connectivity index (χ3v) is 6.38. The predicted octanol–water partition coefficient (Wildman–Crippen LogP) is 4.82. The Kier molecular flexibility index (Phi) is 6.40. The van der Waals surface area contributed by atoms with Crippen molar-refractivity contribution in [1.82, 2.24) is 29.4 Å². The van der Waals surface area contributed by atoms with Crippen molar-refractivity contribution in [3.63, 3.8) is 0 Å². The van der Waals surface area contributed by atoms with Crippen LogP contribution in [0, 0.1) is 0 Å². The number of fused-ring (bicyclic) bond motifs is 1. The molecule has 2 N–H and O–H groups in total. The van der Waals surface area contributed by atoms with Gasteiger partial charge in [-0.1, -0.05) is 19.1 Å². The number of hydrogen-bond acceptors (Lipinski definition) is 4. The van der Waals surface area contributed by atoms with E-state index in [0.29, 0.717) is 11.7 Å². The lowest BCUT2D eigenvalue weighted by molar-refractivity contribution is -0.122. The van der Waals surface area contributed by atoms with Gasteiger partial charge in [0.25, 0.3) is 0 Å². The molecule has 4 aromatic rings. The summed E-state index contributed by atoms with van der Waals surface area (Å²) in [5.74, 6) is 0. The second kappa shape index (κ2) is 9.65. The Morgan fingerprint density at radius 3 is 2.78 bits per heavy atom. The molecule has 0 spiro atoms. The van der Waals surface area contributed by atoms with E-state index in [4.69, 9.17) is 0 Å². The number of alkyl halides is 3. The molecule has 1 fully saturated rings. The number of likely N-dealkylation sites (N-methyl/N-ethyl adjacent to an activating group) is 1. The van der Waals surface area contributed by atoms with E-state index in [9.17, 15) is 18.0 Å². The molecule has 11 heteroatoms. The number of urea groups is 1. The van der Waals surface area contributed by atoms with Gasteiger partial charge in [0.15, 0.2) is 0 Å². The van der Waals surface area contributed by atoms with E-state index in [0.717, 1.165) is 54.1 Å². The van der Waals surface area contributed by atoms with E-state index >= 15 is 0 Å². The van der Waals surface area contributed by atoms with Crippen molar-refractivity contribution in [3.05, 3.63) is 61.2 Å². The largest absolute Gasteiger partial charge is 0.405 e. The summed E-state index contributed by atoms with van der Waals surface area (Å²) < 4.78 is 41.0. The maximum absolute atomic E-state index is 12.3. The molecular weight excluding hydrogens is 471 g/mol. The number of imidazole rings is 1. The van der Waals surface area contributed by atoms with Crippen LogP contribution in [0.2, 0.25) is 0 Å². The van der Waals surface area contributed by atoms with E-state index in [-0.39, 0.29) is 0 Å². The number of carbonyl (C=O) groups excluding carboxylic acids is 1. The first-order valence-electron chi connectivity index (χ1n) is 11.7. The summed E-state index contributed by atoms with van der Waals surface area (Å²) >= 11 is 0. The Hall–Kier alpha value is -3.86. The van der Waals surface area contributed by atoms with Gasteiger partial charge in [0.1, 0.15) is 12.2 Å². The van der Waals surface area contributed by atoms with Crippen LogP contribution in [-0.4, -0.2) is 62.5 Å². The fraction of sp³-hybridized carbons (Fsp3) is 0.320. The summed E-state index contributed by atoms with van der Waals surface area (Å²) in [5.41, 5.74) is 4.70. The first-order chi connectivity index (χ1) is 17.3. The molecule has 2 amide bonds. The smallest absolute Gasteiger partial charge is 0.329 e. The van der Waals surface area contributed by atoms with Crippen LogP contribution in [0.1, 0.15) is 19.4 Å². The number of rotatable bonds is 6. The van der Waals surface area contributed by atoms with E-state index < -0.39 is 18.8 Å². The zero-order valence-electron chi connectivity index (χ0n) is 19.7. The lowest BCUT2D eigenvalue weighted by Gasteiger charge is -2.13. The molecular formula is C25H26F3N7O. The van der Waals surface area contributed by atoms with Gasteiger partial charge in [-0.05, 0) is 42.8 Å². The molecule has 1 atom stereocenters. The van der Waals surface area contributed by atoms with Crippen LogP contribution in [0.4, 0.5) is 23.7 Å². The van der Waals surface area contributed by atoms with Crippen molar-refractivity contribution in [1.29, 1.82) is 0 Å². The molecule has 188 valence electrons. The van der Waals surface area contributed by atoms with Gasteiger partial charge in [-0.15, -0.1) is 0 Å². The topological polar surface area (TPSA) is 79.5 Å². The lowest BCUT2D eigenvalue weighted by Crippen LogP contribution is -2.36. The van der Waals surface area contributed by atoms with E-state index in [2.05, 4.69) is 38.1 Å². The van der Waals surface area contributed by atoms with Crippen LogP contribution < -0.4 is 10.6 Å². The first-order valence-corrected chi connectivity index (χ1v) is 11.7. The molecule has 8 nitrogen and oxygen atoms in total. The van der Waals surface area contributed by atoms with E-state index in [1.165, 1.54) is 0 Å². The molecule has 4 heterocycles. The minimum Gasteiger partial charge on any atom is -0.329 e. The molecule has 0 aliphatic carbocycles. The average Bonchev–Trinajstić information content (AvgIpc) is 3.61. The van der Waals surface area contributed by atoms with Crippen LogP contribution in [0.25, 0.3) is 28.0 Å². The highest BCUT2D eigenvalue weighted by atomic mass is 19.4. The van der Waals surface area contributed by atoms with Gasteiger partial charge in [-0.3, -0.25) is 9.08 Å². The highest BCUT2D eigenvalue weighted by Crippen LogP contribution is 2.28. The highest BCUT2D eigenvalue weighted by molar-refractivity contribution is 5.90. The van der Waals surface area contributed by atoms with Gasteiger partial charge in [0.05, 0.1) is 24.1 Å². The Balaban J connectivity index is 1.33. The summed E-state index contributed by atoms with van der Waals surface area (Å²) in [4.78, 5) is 18.8. The average molecular weight is 498 g/mol. The normalized spacial score (nSPS) is 16.5. The standard InChI is InChI=1S/C25H26F3N7O/c1-2-33-8-7-21(15-33)35-14-19(12-31-35)17-6-9-34-22(13-29-23(34)11-17)18-4-3-5-20(10-18)32-24(36)30-16-25(26,27)28/h3-6,9-14,21H,2,7-8,15-16H2,1H3,(H2,30,32,36). The number of nitrogens with zero attached hydrogens (tertiary/aromatic N) is 5. The van der Waals surface area contributed by atoms with Crippen LogP contribution in [0.15, 0.2) is 61.2 Å². The minimum absolute atomic E-state index is 0.375. The fourth-order valence-corrected chi connectivity index (χ4v) is 4.49. The number of likely N-dealkylation sites (tertiary alicyclic amines) is 1. The van der Waals surface area contributed by atoms with Crippen molar-refractivity contribution in [2.45, 2.75) is 25.6 Å². The third-order valence-electron chi connectivity index (χ3n) is 6.38. The number of benzene rings is 1. The minimum atomic E-state index is -4.47. The van der Waals surface area contributed by atoms with Crippen molar-refractivity contribution >= 4 is 17.4 Å². The maximum Gasteiger partial charge on any atom is 0.405 e. The van der Waals surface area contributed by atoms with Crippen LogP contribution >= 0.6 is 0 Å². The summed E-state index contributed by atoms with van der Waals surface area (Å²) in [6, 6.07) is 10.3. The second-order valence-electron chi connectivity index (χ2n) is 8.84. The van der Waals surface area contributed by atoms with Crippen molar-refractivity contribution in [2.75, 3.05) is 31.5 Å². The zero-order chi connectivity index (χ0) is 25.3. The molecule has 0 radical (unpaired) electrons. The second-order valence-corrected chi connectivity index (χ2v) is 8.84. The quantitative estimate of drug-likeness (QED) is 0.401. The lowest BCUT2D eigenvalue weighted by atomic mass is 10.1. The van der Waals surface area contributed by atoms with Gasteiger partial charge >= 0.3 is 12.2 Å². The van der Waals surface area contributed by atoms with Crippen LogP contribution in [0.3, 0.4) is 0 Å². The molecule has 0 bridgehead atoms. The first kappa shape index (κ1) is 23.9. The van der Waals surface area contributed by atoms with Crippen molar-refractivity contribution < 1.29 is 18.0 Å². The number of pyridine rings is 1. The van der Waals surface area contributed by atoms with Gasteiger partial charge in [0.2, 0.25) is 0 Å². The van der Waals surface area contributed by atoms with E-state index in [1.807, 2.05) is 35.0 Å². The fourth-order valence-electron chi connectivity index (χ4n) is 4.49. The Morgan fingerprint density at radius 1 is 1.14 bits per heavy atom. The molecule has 1 aromatic carbocycles. The summed E-state index contributed by atoms with van der Waals surface area (Å²) in [6.45, 7) is 3.93. The molecule has 1 aliphatic heterocycles. The summed E-state index contributed by atoms with van der Waals surface area (Å²) in [6.07, 6.45) is 4.23. The molecule has 5 rings (SSSR count). The summed E-state index contributed by atoms with van der Waals surface area (Å²) in [5, 5.41) is 8.83. The van der Waals surface area contributed by atoms with Gasteiger partial charge in [-0.25, -0.2) is 9.78 Å². The Bertz CT molecular complexity index is 1380. The number of amides is 2. The van der Waals surface area contributed by atoms with Gasteiger partial charge in [-0.2, -0.15) is 18.3 Å². The third kappa shape index (κ3) is 5.20. The molecule has 1 aliphatic rings. The summed E-state index contributed by atoms with van der Waals surface area (Å²) in [7, 11) is 0.